The van der Waals surface area contributed by atoms with Gasteiger partial charge in [0.25, 0.3) is 0 Å². The van der Waals surface area contributed by atoms with Crippen LogP contribution in [-0.4, -0.2) is 46.2 Å². The number of hydrogen-bond acceptors (Lipinski definition) is 5. The normalized spacial score (nSPS) is 17.7. The number of aliphatic carboxylic acids is 1. The summed E-state index contributed by atoms with van der Waals surface area (Å²) >= 11 is 0. The molecule has 2 aliphatic heterocycles. The molecule has 45 heavy (non-hydrogen) atoms. The summed E-state index contributed by atoms with van der Waals surface area (Å²) in [6.45, 7) is 16.7. The number of halogens is 3. The van der Waals surface area contributed by atoms with E-state index < -0.39 is 35.1 Å². The van der Waals surface area contributed by atoms with Crippen LogP contribution in [0, 0.1) is 36.7 Å². The van der Waals surface area contributed by atoms with E-state index in [-0.39, 0.29) is 17.5 Å². The number of ether oxygens (including phenoxy) is 1. The smallest absolute Gasteiger partial charge is 0.337 e. The predicted molar refractivity (Wildman–Crippen MR) is 170 cm³/mol. The minimum atomic E-state index is -1.19. The van der Waals surface area contributed by atoms with Crippen LogP contribution in [0.5, 0.6) is 0 Å². The number of carbonyl (C=O) groups is 1. The van der Waals surface area contributed by atoms with Gasteiger partial charge in [0, 0.05) is 66.9 Å². The number of piperidine rings is 1. The fraction of sp³-hybridized carbons (Fsp3) is 0.500. The standard InChI is InChI=1S/C36H44F3N3O3/c1-21-29(24-8-9-25-19-41(13-10-23(25)16-24)20-26-17-27(37)18-28(38)31(26)39)32(42-14-11-36(6,7)12-15-42)30(22(2)40-21)33(34(43)44)45-35(3,4)5/h8-9,16-18,33H,10-15,19-20H2,1-7H3,(H,43,44)/t33-/m0/s1. The van der Waals surface area contributed by atoms with Crippen molar-refractivity contribution < 1.29 is 27.8 Å². The van der Waals surface area contributed by atoms with Crippen LogP contribution in [-0.2, 0) is 29.0 Å². The van der Waals surface area contributed by atoms with Gasteiger partial charge in [-0.1, -0.05) is 32.0 Å². The summed E-state index contributed by atoms with van der Waals surface area (Å²) in [5.74, 6) is -4.04. The second-order valence-electron chi connectivity index (χ2n) is 14.3. The third-order valence-corrected chi connectivity index (χ3v) is 9.02. The van der Waals surface area contributed by atoms with Crippen molar-refractivity contribution in [1.29, 1.82) is 0 Å². The average molecular weight is 624 g/mol. The molecule has 1 fully saturated rings. The first-order valence-electron chi connectivity index (χ1n) is 15.7. The van der Waals surface area contributed by atoms with Gasteiger partial charge < -0.3 is 14.7 Å². The number of fused-ring (bicyclic) bond motifs is 1. The lowest BCUT2D eigenvalue weighted by atomic mass is 9.81. The van der Waals surface area contributed by atoms with Crippen LogP contribution >= 0.6 is 0 Å². The lowest BCUT2D eigenvalue weighted by Crippen LogP contribution is -2.39. The summed E-state index contributed by atoms with van der Waals surface area (Å²) in [5, 5.41) is 10.4. The molecule has 0 radical (unpaired) electrons. The van der Waals surface area contributed by atoms with Crippen molar-refractivity contribution >= 4 is 11.7 Å². The lowest BCUT2D eigenvalue weighted by molar-refractivity contribution is -0.160. The van der Waals surface area contributed by atoms with Crippen LogP contribution in [0.25, 0.3) is 11.1 Å². The van der Waals surface area contributed by atoms with Gasteiger partial charge in [0.05, 0.1) is 11.3 Å². The van der Waals surface area contributed by atoms with Crippen molar-refractivity contribution in [2.45, 2.75) is 92.5 Å². The third kappa shape index (κ3) is 7.20. The Hall–Kier alpha value is -3.43. The lowest BCUT2D eigenvalue weighted by Gasteiger charge is -2.41. The fourth-order valence-electron chi connectivity index (χ4n) is 6.62. The summed E-state index contributed by atoms with van der Waals surface area (Å²) in [6, 6.07) is 7.84. The number of pyridine rings is 1. The topological polar surface area (TPSA) is 65.9 Å². The Morgan fingerprint density at radius 1 is 1.02 bits per heavy atom. The van der Waals surface area contributed by atoms with Crippen molar-refractivity contribution in [3.63, 3.8) is 0 Å². The number of aryl methyl sites for hydroxylation is 2. The van der Waals surface area contributed by atoms with E-state index in [9.17, 15) is 23.1 Å². The molecule has 1 aromatic heterocycles. The van der Waals surface area contributed by atoms with E-state index in [4.69, 9.17) is 9.72 Å². The maximum Gasteiger partial charge on any atom is 0.337 e. The highest BCUT2D eigenvalue weighted by Crippen LogP contribution is 2.45. The minimum absolute atomic E-state index is 0.00117. The monoisotopic (exact) mass is 623 g/mol. The molecule has 2 aromatic carbocycles. The maximum absolute atomic E-state index is 14.4. The number of benzene rings is 2. The first kappa shape index (κ1) is 32.9. The molecule has 0 spiro atoms. The number of anilines is 1. The van der Waals surface area contributed by atoms with Crippen molar-refractivity contribution in [1.82, 2.24) is 9.88 Å². The molecule has 5 rings (SSSR count). The molecular weight excluding hydrogens is 579 g/mol. The third-order valence-electron chi connectivity index (χ3n) is 9.02. The Bertz CT molecular complexity index is 1610. The van der Waals surface area contributed by atoms with Crippen molar-refractivity contribution in [2.75, 3.05) is 24.5 Å². The van der Waals surface area contributed by atoms with Crippen LogP contribution in [0.3, 0.4) is 0 Å². The number of hydrogen-bond donors (Lipinski definition) is 1. The van der Waals surface area contributed by atoms with E-state index in [1.807, 2.05) is 51.7 Å². The molecular formula is C36H44F3N3O3. The van der Waals surface area contributed by atoms with Gasteiger partial charge in [-0.05, 0) is 82.1 Å². The van der Waals surface area contributed by atoms with Gasteiger partial charge in [-0.25, -0.2) is 18.0 Å². The summed E-state index contributed by atoms with van der Waals surface area (Å²) in [4.78, 5) is 22.0. The van der Waals surface area contributed by atoms with Crippen molar-refractivity contribution in [3.05, 3.63) is 81.4 Å². The minimum Gasteiger partial charge on any atom is -0.479 e. The zero-order valence-corrected chi connectivity index (χ0v) is 27.4. The van der Waals surface area contributed by atoms with Gasteiger partial charge in [0.1, 0.15) is 5.82 Å². The summed E-state index contributed by atoms with van der Waals surface area (Å²) in [7, 11) is 0. The van der Waals surface area contributed by atoms with Gasteiger partial charge in [-0.2, -0.15) is 0 Å². The van der Waals surface area contributed by atoms with Crippen molar-refractivity contribution in [2.24, 2.45) is 5.41 Å². The average Bonchev–Trinajstić information content (AvgIpc) is 2.93. The van der Waals surface area contributed by atoms with Crippen LogP contribution in [0.4, 0.5) is 18.9 Å². The van der Waals surface area contributed by atoms with Gasteiger partial charge in [0.15, 0.2) is 17.7 Å². The molecule has 0 aliphatic carbocycles. The highest BCUT2D eigenvalue weighted by molar-refractivity contribution is 5.88. The maximum atomic E-state index is 14.4. The highest BCUT2D eigenvalue weighted by Gasteiger charge is 2.36. The largest absolute Gasteiger partial charge is 0.479 e. The van der Waals surface area contributed by atoms with Gasteiger partial charge in [-0.3, -0.25) is 9.88 Å². The molecule has 0 unspecified atom stereocenters. The zero-order valence-electron chi connectivity index (χ0n) is 27.4. The molecule has 1 saturated heterocycles. The van der Waals surface area contributed by atoms with E-state index in [2.05, 4.69) is 24.8 Å². The fourth-order valence-corrected chi connectivity index (χ4v) is 6.62. The van der Waals surface area contributed by atoms with E-state index in [1.54, 1.807) is 0 Å². The molecule has 242 valence electrons. The predicted octanol–water partition coefficient (Wildman–Crippen LogP) is 7.91. The van der Waals surface area contributed by atoms with Crippen LogP contribution in [0.15, 0.2) is 30.3 Å². The Morgan fingerprint density at radius 3 is 2.36 bits per heavy atom. The molecule has 1 atom stereocenters. The Kier molecular flexibility index (Phi) is 9.08. The number of carboxylic acid groups (broad SMARTS) is 1. The Morgan fingerprint density at radius 2 is 1.71 bits per heavy atom. The first-order chi connectivity index (χ1) is 21.0. The van der Waals surface area contributed by atoms with E-state index in [0.29, 0.717) is 36.8 Å². The molecule has 3 heterocycles. The molecule has 6 nitrogen and oxygen atoms in total. The SMILES string of the molecule is Cc1nc(C)c([C@H](OC(C)(C)C)C(=O)O)c(N2CCC(C)(C)CC2)c1-c1ccc2c(c1)CCN(Cc1cc(F)cc(F)c1F)C2. The Balaban J connectivity index is 1.56. The first-order valence-corrected chi connectivity index (χ1v) is 15.7. The molecule has 9 heteroatoms. The number of aromatic nitrogens is 1. The summed E-state index contributed by atoms with van der Waals surface area (Å²) in [6.07, 6.45) is 1.42. The number of nitrogens with zero attached hydrogens (tertiary/aromatic N) is 3. The molecule has 0 amide bonds. The second-order valence-corrected chi connectivity index (χ2v) is 14.3. The van der Waals surface area contributed by atoms with Gasteiger partial charge >= 0.3 is 5.97 Å². The summed E-state index contributed by atoms with van der Waals surface area (Å²) < 4.78 is 48.2. The van der Waals surface area contributed by atoms with Crippen LogP contribution < -0.4 is 4.90 Å². The molecule has 1 N–H and O–H groups in total. The number of carboxylic acids is 1. The van der Waals surface area contributed by atoms with Crippen molar-refractivity contribution in [3.8, 4) is 11.1 Å². The van der Waals surface area contributed by atoms with Crippen LogP contribution in [0.2, 0.25) is 0 Å². The van der Waals surface area contributed by atoms with E-state index >= 15 is 0 Å². The van der Waals surface area contributed by atoms with Crippen LogP contribution in [0.1, 0.15) is 87.2 Å². The zero-order chi connectivity index (χ0) is 32.8. The molecule has 0 bridgehead atoms. The van der Waals surface area contributed by atoms with E-state index in [1.165, 1.54) is 0 Å². The Labute approximate surface area is 264 Å². The van der Waals surface area contributed by atoms with E-state index in [0.717, 1.165) is 65.6 Å². The molecule has 3 aromatic rings. The quantitative estimate of drug-likeness (QED) is 0.270. The number of rotatable bonds is 7. The summed E-state index contributed by atoms with van der Waals surface area (Å²) in [5.41, 5.74) is 6.45. The molecule has 2 aliphatic rings. The highest BCUT2D eigenvalue weighted by atomic mass is 19.2. The van der Waals surface area contributed by atoms with Gasteiger partial charge in [0.2, 0.25) is 0 Å². The second kappa shape index (κ2) is 12.4. The molecule has 0 saturated carbocycles. The van der Waals surface area contributed by atoms with Gasteiger partial charge in [-0.15, -0.1) is 0 Å².